The molecule has 0 spiro atoms. The minimum atomic E-state index is 0.597. The van der Waals surface area contributed by atoms with Crippen LogP contribution in [0.3, 0.4) is 0 Å². The Balaban J connectivity index is 2.16. The summed E-state index contributed by atoms with van der Waals surface area (Å²) in [6.45, 7) is 0. The normalized spacial score (nSPS) is 23.7. The Bertz CT molecular complexity index is 384. The second-order valence-corrected chi connectivity index (χ2v) is 4.95. The second kappa shape index (κ2) is 6.10. The number of methoxy groups -OCH3 is 2. The Kier molecular flexibility index (Phi) is 4.48. The molecule has 0 bridgehead atoms. The molecule has 0 heterocycles. The minimum absolute atomic E-state index is 0.597. The maximum absolute atomic E-state index is 5.48. The fourth-order valence-electron chi connectivity index (χ4n) is 2.85. The van der Waals surface area contributed by atoms with E-state index in [1.54, 1.807) is 14.2 Å². The van der Waals surface area contributed by atoms with Gasteiger partial charge in [-0.25, -0.2) is 0 Å². The molecular formula is C15H23NO2. The fraction of sp³-hybridized carbons (Fsp3) is 0.600. The summed E-state index contributed by atoms with van der Waals surface area (Å²) in [7, 11) is 5.51. The smallest absolute Gasteiger partial charge is 0.122 e. The Morgan fingerprint density at radius 2 is 1.78 bits per heavy atom. The van der Waals surface area contributed by atoms with E-state index in [9.17, 15) is 0 Å². The summed E-state index contributed by atoms with van der Waals surface area (Å²) in [4.78, 5) is 0. The van der Waals surface area contributed by atoms with Crippen LogP contribution in [0.2, 0.25) is 0 Å². The quantitative estimate of drug-likeness (QED) is 0.890. The van der Waals surface area contributed by atoms with Gasteiger partial charge in [-0.15, -0.1) is 0 Å². The van der Waals surface area contributed by atoms with Gasteiger partial charge in [0.2, 0.25) is 0 Å². The van der Waals surface area contributed by atoms with E-state index >= 15 is 0 Å². The predicted octanol–water partition coefficient (Wildman–Crippen LogP) is 2.95. The Labute approximate surface area is 109 Å². The van der Waals surface area contributed by atoms with Crippen molar-refractivity contribution in [1.82, 2.24) is 5.32 Å². The van der Waals surface area contributed by atoms with E-state index in [4.69, 9.17) is 9.47 Å². The molecule has 1 fully saturated rings. The van der Waals surface area contributed by atoms with Crippen molar-refractivity contribution in [3.8, 4) is 11.5 Å². The zero-order chi connectivity index (χ0) is 13.0. The second-order valence-electron chi connectivity index (χ2n) is 4.95. The van der Waals surface area contributed by atoms with Gasteiger partial charge in [-0.2, -0.15) is 0 Å². The van der Waals surface area contributed by atoms with Crippen molar-refractivity contribution in [2.24, 2.45) is 0 Å². The van der Waals surface area contributed by atoms with Crippen molar-refractivity contribution in [1.29, 1.82) is 0 Å². The van der Waals surface area contributed by atoms with E-state index in [1.165, 1.54) is 31.2 Å². The maximum atomic E-state index is 5.48. The molecule has 1 N–H and O–H groups in total. The van der Waals surface area contributed by atoms with Gasteiger partial charge in [0.05, 0.1) is 14.2 Å². The van der Waals surface area contributed by atoms with Crippen LogP contribution in [0.15, 0.2) is 18.2 Å². The van der Waals surface area contributed by atoms with E-state index in [0.717, 1.165) is 11.5 Å². The highest BCUT2D eigenvalue weighted by molar-refractivity contribution is 5.42. The molecule has 3 nitrogen and oxygen atoms in total. The van der Waals surface area contributed by atoms with Crippen molar-refractivity contribution >= 4 is 0 Å². The molecule has 1 aliphatic carbocycles. The van der Waals surface area contributed by atoms with Crippen LogP contribution < -0.4 is 14.8 Å². The minimum Gasteiger partial charge on any atom is -0.497 e. The van der Waals surface area contributed by atoms with Crippen LogP contribution >= 0.6 is 0 Å². The molecule has 1 aliphatic rings. The zero-order valence-electron chi connectivity index (χ0n) is 11.5. The molecule has 0 radical (unpaired) electrons. The van der Waals surface area contributed by atoms with Gasteiger partial charge >= 0.3 is 0 Å². The molecule has 18 heavy (non-hydrogen) atoms. The van der Waals surface area contributed by atoms with Crippen LogP contribution in [-0.2, 0) is 0 Å². The van der Waals surface area contributed by atoms with Crippen molar-refractivity contribution < 1.29 is 9.47 Å². The first-order valence-electron chi connectivity index (χ1n) is 6.67. The van der Waals surface area contributed by atoms with Crippen LogP contribution in [0.1, 0.15) is 37.2 Å². The standard InChI is InChI=1S/C15H23NO2/c1-16-12-6-4-11(5-7-12)14-10-13(17-2)8-9-15(14)18-3/h8-12,16H,4-7H2,1-3H3. The molecule has 0 saturated heterocycles. The van der Waals surface area contributed by atoms with Gasteiger partial charge in [0, 0.05) is 11.6 Å². The van der Waals surface area contributed by atoms with Gasteiger partial charge in [0.25, 0.3) is 0 Å². The third-order valence-corrected chi connectivity index (χ3v) is 4.01. The topological polar surface area (TPSA) is 30.5 Å². The fourth-order valence-corrected chi connectivity index (χ4v) is 2.85. The van der Waals surface area contributed by atoms with E-state index in [-0.39, 0.29) is 0 Å². The number of nitrogens with one attached hydrogen (secondary N) is 1. The Morgan fingerprint density at radius 3 is 2.33 bits per heavy atom. The molecule has 1 aromatic carbocycles. The first kappa shape index (κ1) is 13.2. The van der Waals surface area contributed by atoms with Gasteiger partial charge in [-0.3, -0.25) is 0 Å². The molecule has 1 aromatic rings. The number of ether oxygens (including phenoxy) is 2. The van der Waals surface area contributed by atoms with Crippen LogP contribution in [0.5, 0.6) is 11.5 Å². The summed E-state index contributed by atoms with van der Waals surface area (Å²) in [6.07, 6.45) is 4.91. The zero-order valence-corrected chi connectivity index (χ0v) is 11.5. The highest BCUT2D eigenvalue weighted by Gasteiger charge is 2.24. The summed E-state index contributed by atoms with van der Waals surface area (Å²) in [5.41, 5.74) is 1.30. The highest BCUT2D eigenvalue weighted by atomic mass is 16.5. The van der Waals surface area contributed by atoms with Gasteiger partial charge in [-0.05, 0) is 56.8 Å². The molecule has 0 aliphatic heterocycles. The monoisotopic (exact) mass is 249 g/mol. The summed E-state index contributed by atoms with van der Waals surface area (Å²) in [5, 5.41) is 3.37. The average Bonchev–Trinajstić information content (AvgIpc) is 2.46. The molecule has 2 rings (SSSR count). The van der Waals surface area contributed by atoms with Crippen LogP contribution in [0.25, 0.3) is 0 Å². The summed E-state index contributed by atoms with van der Waals surface area (Å²) < 4.78 is 10.8. The van der Waals surface area contributed by atoms with Crippen molar-refractivity contribution in [2.45, 2.75) is 37.6 Å². The maximum Gasteiger partial charge on any atom is 0.122 e. The van der Waals surface area contributed by atoms with Crippen LogP contribution in [-0.4, -0.2) is 27.3 Å². The lowest BCUT2D eigenvalue weighted by Crippen LogP contribution is -2.29. The number of hydrogen-bond acceptors (Lipinski definition) is 3. The van der Waals surface area contributed by atoms with Gasteiger partial charge in [0.1, 0.15) is 11.5 Å². The largest absolute Gasteiger partial charge is 0.497 e. The molecule has 100 valence electrons. The lowest BCUT2D eigenvalue weighted by atomic mass is 9.81. The molecule has 0 aromatic heterocycles. The molecule has 3 heteroatoms. The first-order valence-corrected chi connectivity index (χ1v) is 6.67. The van der Waals surface area contributed by atoms with Gasteiger partial charge in [0.15, 0.2) is 0 Å². The van der Waals surface area contributed by atoms with E-state index in [2.05, 4.69) is 18.4 Å². The summed E-state index contributed by atoms with van der Waals surface area (Å²) >= 11 is 0. The number of benzene rings is 1. The molecular weight excluding hydrogens is 226 g/mol. The molecule has 1 saturated carbocycles. The molecule has 0 unspecified atom stereocenters. The molecule has 0 atom stereocenters. The van der Waals surface area contributed by atoms with Crippen molar-refractivity contribution in [3.63, 3.8) is 0 Å². The van der Waals surface area contributed by atoms with Crippen molar-refractivity contribution in [2.75, 3.05) is 21.3 Å². The van der Waals surface area contributed by atoms with Gasteiger partial charge in [-0.1, -0.05) is 0 Å². The van der Waals surface area contributed by atoms with E-state index in [0.29, 0.717) is 12.0 Å². The Morgan fingerprint density at radius 1 is 1.06 bits per heavy atom. The first-order chi connectivity index (χ1) is 8.78. The van der Waals surface area contributed by atoms with Crippen LogP contribution in [0, 0.1) is 0 Å². The van der Waals surface area contributed by atoms with Gasteiger partial charge < -0.3 is 14.8 Å². The van der Waals surface area contributed by atoms with E-state index < -0.39 is 0 Å². The summed E-state index contributed by atoms with van der Waals surface area (Å²) in [5.74, 6) is 2.50. The van der Waals surface area contributed by atoms with E-state index in [1.807, 2.05) is 12.1 Å². The van der Waals surface area contributed by atoms with Crippen molar-refractivity contribution in [3.05, 3.63) is 23.8 Å². The lowest BCUT2D eigenvalue weighted by molar-refractivity contribution is 0.343. The molecule has 0 amide bonds. The highest BCUT2D eigenvalue weighted by Crippen LogP contribution is 2.39. The predicted molar refractivity (Wildman–Crippen MR) is 73.6 cm³/mol. The summed E-state index contributed by atoms with van der Waals surface area (Å²) in [6, 6.07) is 6.78. The third-order valence-electron chi connectivity index (χ3n) is 4.01. The lowest BCUT2D eigenvalue weighted by Gasteiger charge is -2.29. The number of hydrogen-bond donors (Lipinski definition) is 1. The average molecular weight is 249 g/mol. The van der Waals surface area contributed by atoms with Crippen LogP contribution in [0.4, 0.5) is 0 Å². The third kappa shape index (κ3) is 2.78. The SMILES string of the molecule is CNC1CCC(c2cc(OC)ccc2OC)CC1. The Hall–Kier alpha value is -1.22. The number of rotatable bonds is 4.